The second-order valence-electron chi connectivity index (χ2n) is 7.11. The zero-order chi connectivity index (χ0) is 14.4. The predicted molar refractivity (Wildman–Crippen MR) is 85.5 cm³/mol. The molecule has 0 spiro atoms. The lowest BCUT2D eigenvalue weighted by atomic mass is 9.80. The van der Waals surface area contributed by atoms with Crippen LogP contribution < -0.4 is 5.32 Å². The quantitative estimate of drug-likeness (QED) is 0.840. The first-order valence-electron chi connectivity index (χ1n) is 8.11. The maximum absolute atomic E-state index is 5.90. The topological polar surface area (TPSA) is 37.0 Å². The number of benzene rings is 1. The zero-order valence-corrected chi connectivity index (χ0v) is 12.9. The second kappa shape index (κ2) is 4.85. The van der Waals surface area contributed by atoms with E-state index in [0.29, 0.717) is 12.0 Å². The fourth-order valence-corrected chi connectivity index (χ4v) is 4.18. The van der Waals surface area contributed by atoms with Crippen LogP contribution in [0.2, 0.25) is 0 Å². The van der Waals surface area contributed by atoms with Crippen molar-refractivity contribution in [2.24, 2.45) is 5.92 Å². The molecule has 2 atom stereocenters. The van der Waals surface area contributed by atoms with Gasteiger partial charge in [0, 0.05) is 23.2 Å². The molecule has 3 heterocycles. The van der Waals surface area contributed by atoms with Crippen LogP contribution in [0.25, 0.3) is 10.9 Å². The minimum atomic E-state index is 0.00816. The third-order valence-corrected chi connectivity index (χ3v) is 5.10. The average Bonchev–Trinajstić information content (AvgIpc) is 2.84. The van der Waals surface area contributed by atoms with Crippen LogP contribution in [0.15, 0.2) is 24.3 Å². The highest BCUT2D eigenvalue weighted by Gasteiger charge is 2.36. The molecule has 2 aromatic rings. The molecule has 0 bridgehead atoms. The Labute approximate surface area is 126 Å². The van der Waals surface area contributed by atoms with Crippen LogP contribution in [0.1, 0.15) is 44.0 Å². The van der Waals surface area contributed by atoms with Gasteiger partial charge in [-0.15, -0.1) is 0 Å². The van der Waals surface area contributed by atoms with Crippen molar-refractivity contribution in [3.63, 3.8) is 0 Å². The number of para-hydroxylation sites is 1. The summed E-state index contributed by atoms with van der Waals surface area (Å²) in [5, 5.41) is 5.16. The molecule has 112 valence electrons. The maximum atomic E-state index is 5.90. The van der Waals surface area contributed by atoms with E-state index >= 15 is 0 Å². The molecule has 2 unspecified atom stereocenters. The number of rotatable bonds is 1. The second-order valence-corrected chi connectivity index (χ2v) is 7.11. The number of ether oxygens (including phenoxy) is 1. The highest BCUT2D eigenvalue weighted by molar-refractivity contribution is 5.85. The summed E-state index contributed by atoms with van der Waals surface area (Å²) >= 11 is 0. The van der Waals surface area contributed by atoms with Crippen LogP contribution in [0.4, 0.5) is 0 Å². The fourth-order valence-electron chi connectivity index (χ4n) is 4.18. The molecular weight excluding hydrogens is 260 g/mol. The van der Waals surface area contributed by atoms with Gasteiger partial charge < -0.3 is 15.0 Å². The SMILES string of the molecule is CC1(C)CC(C2NCCc3c2[nH]c2ccccc32)CCO1. The first-order valence-corrected chi connectivity index (χ1v) is 8.11. The summed E-state index contributed by atoms with van der Waals surface area (Å²) in [6.07, 6.45) is 3.40. The number of aromatic nitrogens is 1. The van der Waals surface area contributed by atoms with Gasteiger partial charge in [0.1, 0.15) is 0 Å². The maximum Gasteiger partial charge on any atom is 0.0629 e. The summed E-state index contributed by atoms with van der Waals surface area (Å²) in [5.74, 6) is 0.654. The van der Waals surface area contributed by atoms with Gasteiger partial charge in [-0.1, -0.05) is 18.2 Å². The van der Waals surface area contributed by atoms with Gasteiger partial charge in [-0.2, -0.15) is 0 Å². The third-order valence-electron chi connectivity index (χ3n) is 5.10. The lowest BCUT2D eigenvalue weighted by Crippen LogP contribution is -2.42. The molecule has 3 nitrogen and oxygen atoms in total. The van der Waals surface area contributed by atoms with Gasteiger partial charge >= 0.3 is 0 Å². The van der Waals surface area contributed by atoms with Gasteiger partial charge in [-0.25, -0.2) is 0 Å². The Morgan fingerprint density at radius 2 is 2.10 bits per heavy atom. The Morgan fingerprint density at radius 3 is 2.95 bits per heavy atom. The van der Waals surface area contributed by atoms with Crippen LogP contribution in [0.5, 0.6) is 0 Å². The normalized spacial score (nSPS) is 28.5. The van der Waals surface area contributed by atoms with Crippen LogP contribution >= 0.6 is 0 Å². The molecule has 4 rings (SSSR count). The number of fused-ring (bicyclic) bond motifs is 3. The summed E-state index contributed by atoms with van der Waals surface area (Å²) in [7, 11) is 0. The van der Waals surface area contributed by atoms with Crippen molar-refractivity contribution in [1.29, 1.82) is 0 Å². The van der Waals surface area contributed by atoms with Crippen LogP contribution in [-0.4, -0.2) is 23.7 Å². The lowest BCUT2D eigenvalue weighted by Gasteiger charge is -2.40. The van der Waals surface area contributed by atoms with Gasteiger partial charge in [0.05, 0.1) is 11.6 Å². The van der Waals surface area contributed by atoms with Crippen LogP contribution in [0.3, 0.4) is 0 Å². The molecule has 21 heavy (non-hydrogen) atoms. The molecule has 1 saturated heterocycles. The van der Waals surface area contributed by atoms with Crippen molar-refractivity contribution in [3.8, 4) is 0 Å². The Bertz CT molecular complexity index is 658. The molecular formula is C18H24N2O. The summed E-state index contributed by atoms with van der Waals surface area (Å²) in [6.45, 7) is 6.39. The van der Waals surface area contributed by atoms with E-state index in [1.807, 2.05) is 0 Å². The molecule has 2 aliphatic rings. The molecule has 0 saturated carbocycles. The van der Waals surface area contributed by atoms with E-state index in [-0.39, 0.29) is 5.60 Å². The van der Waals surface area contributed by atoms with E-state index in [0.717, 1.165) is 32.4 Å². The molecule has 1 fully saturated rings. The van der Waals surface area contributed by atoms with Gasteiger partial charge in [0.15, 0.2) is 0 Å². The van der Waals surface area contributed by atoms with Crippen LogP contribution in [-0.2, 0) is 11.2 Å². The smallest absolute Gasteiger partial charge is 0.0629 e. The molecule has 0 aliphatic carbocycles. The molecule has 2 aliphatic heterocycles. The van der Waals surface area contributed by atoms with Gasteiger partial charge in [-0.3, -0.25) is 0 Å². The van der Waals surface area contributed by atoms with E-state index in [1.165, 1.54) is 22.2 Å². The predicted octanol–water partition coefficient (Wildman–Crippen LogP) is 3.56. The Morgan fingerprint density at radius 1 is 1.24 bits per heavy atom. The van der Waals surface area contributed by atoms with E-state index in [1.54, 1.807) is 0 Å². The molecule has 0 radical (unpaired) electrons. The van der Waals surface area contributed by atoms with Crippen molar-refractivity contribution in [1.82, 2.24) is 10.3 Å². The highest BCUT2D eigenvalue weighted by atomic mass is 16.5. The zero-order valence-electron chi connectivity index (χ0n) is 12.9. The van der Waals surface area contributed by atoms with E-state index in [9.17, 15) is 0 Å². The first-order chi connectivity index (χ1) is 10.1. The number of nitrogens with one attached hydrogen (secondary N) is 2. The van der Waals surface area contributed by atoms with Crippen molar-refractivity contribution in [2.45, 2.75) is 44.8 Å². The van der Waals surface area contributed by atoms with E-state index in [2.05, 4.69) is 48.4 Å². The highest BCUT2D eigenvalue weighted by Crippen LogP contribution is 2.40. The number of H-pyrrole nitrogens is 1. The van der Waals surface area contributed by atoms with Crippen molar-refractivity contribution in [3.05, 3.63) is 35.5 Å². The number of aromatic amines is 1. The first kappa shape index (κ1) is 13.4. The molecule has 3 heteroatoms. The van der Waals surface area contributed by atoms with Gasteiger partial charge in [-0.05, 0) is 57.2 Å². The standard InChI is InChI=1S/C18H24N2O/c1-18(2)11-12(8-10-21-18)16-17-14(7-9-19-16)13-5-3-4-6-15(13)20-17/h3-6,12,16,19-20H,7-11H2,1-2H3. The Hall–Kier alpha value is -1.32. The minimum Gasteiger partial charge on any atom is -0.376 e. The van der Waals surface area contributed by atoms with Crippen molar-refractivity contribution >= 4 is 10.9 Å². The third kappa shape index (κ3) is 2.29. The molecule has 1 aromatic heterocycles. The minimum absolute atomic E-state index is 0.00816. The average molecular weight is 284 g/mol. The lowest BCUT2D eigenvalue weighted by molar-refractivity contribution is -0.0791. The van der Waals surface area contributed by atoms with E-state index < -0.39 is 0 Å². The largest absolute Gasteiger partial charge is 0.376 e. The monoisotopic (exact) mass is 284 g/mol. The van der Waals surface area contributed by atoms with Crippen molar-refractivity contribution < 1.29 is 4.74 Å². The van der Waals surface area contributed by atoms with Gasteiger partial charge in [0.25, 0.3) is 0 Å². The Balaban J connectivity index is 1.73. The summed E-state index contributed by atoms with van der Waals surface area (Å²) in [5.41, 5.74) is 4.24. The van der Waals surface area contributed by atoms with Crippen LogP contribution in [0, 0.1) is 5.92 Å². The number of hydrogen-bond acceptors (Lipinski definition) is 2. The van der Waals surface area contributed by atoms with Gasteiger partial charge in [0.2, 0.25) is 0 Å². The summed E-state index contributed by atoms with van der Waals surface area (Å²) in [4.78, 5) is 3.69. The van der Waals surface area contributed by atoms with Crippen molar-refractivity contribution in [2.75, 3.05) is 13.2 Å². The molecule has 2 N–H and O–H groups in total. The van der Waals surface area contributed by atoms with E-state index in [4.69, 9.17) is 4.74 Å². The summed E-state index contributed by atoms with van der Waals surface area (Å²) < 4.78 is 5.90. The summed E-state index contributed by atoms with van der Waals surface area (Å²) in [6, 6.07) is 9.15. The number of hydrogen-bond donors (Lipinski definition) is 2. The molecule has 1 aromatic carbocycles. The molecule has 0 amide bonds. The fraction of sp³-hybridized carbons (Fsp3) is 0.556. The Kier molecular flexibility index (Phi) is 3.09.